The Morgan fingerprint density at radius 3 is 2.27 bits per heavy atom. The second kappa shape index (κ2) is 10.5. The molecule has 0 N–H and O–H groups in total. The third-order valence-electron chi connectivity index (χ3n) is 8.30. The van der Waals surface area contributed by atoms with Crippen molar-refractivity contribution in [3.8, 4) is 0 Å². The Morgan fingerprint density at radius 2 is 1.48 bits per heavy atom. The molecule has 2 nitrogen and oxygen atoms in total. The van der Waals surface area contributed by atoms with Gasteiger partial charge in [-0.25, -0.2) is 0 Å². The van der Waals surface area contributed by atoms with Gasteiger partial charge in [0.2, 0.25) is 0 Å². The third-order valence-corrected chi connectivity index (χ3v) is 8.30. The summed E-state index contributed by atoms with van der Waals surface area (Å²) < 4.78 is 2.51. The van der Waals surface area contributed by atoms with Gasteiger partial charge in [0, 0.05) is 33.9 Å². The summed E-state index contributed by atoms with van der Waals surface area (Å²) in [6.45, 7) is 2.30. The highest BCUT2D eigenvalue weighted by Gasteiger charge is 2.26. The Morgan fingerprint density at radius 1 is 0.700 bits per heavy atom. The van der Waals surface area contributed by atoms with Crippen LogP contribution in [0.3, 0.4) is 0 Å². The topological polar surface area (TPSA) is 17.8 Å². The summed E-state index contributed by atoms with van der Waals surface area (Å²) in [4.78, 5) is 4.90. The molecule has 40 heavy (non-hydrogen) atoms. The van der Waals surface area contributed by atoms with Gasteiger partial charge in [-0.2, -0.15) is 0 Å². The molecule has 3 aromatic carbocycles. The molecule has 0 amide bonds. The van der Waals surface area contributed by atoms with Crippen LogP contribution in [0.2, 0.25) is 0 Å². The van der Waals surface area contributed by atoms with Crippen molar-refractivity contribution in [2.45, 2.75) is 19.4 Å². The summed E-state index contributed by atoms with van der Waals surface area (Å²) in [6.07, 6.45) is 20.8. The van der Waals surface area contributed by atoms with E-state index in [1.165, 1.54) is 44.1 Å². The van der Waals surface area contributed by atoms with E-state index < -0.39 is 0 Å². The van der Waals surface area contributed by atoms with E-state index in [0.29, 0.717) is 12.0 Å². The summed E-state index contributed by atoms with van der Waals surface area (Å²) >= 11 is 0. The van der Waals surface area contributed by atoms with Gasteiger partial charge in [0.15, 0.2) is 0 Å². The smallest absolute Gasteiger partial charge is 0.0674 e. The van der Waals surface area contributed by atoms with Crippen molar-refractivity contribution >= 4 is 33.0 Å². The molecule has 0 saturated carbocycles. The van der Waals surface area contributed by atoms with Crippen LogP contribution in [-0.4, -0.2) is 9.55 Å². The standard InChI is InChI=1S/C38H32N2/c1-27-14-8-9-19-31(27)38(34-21-12-13-25-39-34)37(28-15-4-2-5-16-28)29-23-24-36-33(26-29)32-20-10-11-22-35(32)40(36)30-17-6-3-7-18-30/h2-17,19-27,30-31H,18H2,1H3/b38-37+. The number of pyridine rings is 1. The normalized spacial score (nSPS) is 20.8. The van der Waals surface area contributed by atoms with E-state index in [0.717, 1.165) is 12.1 Å². The Balaban J connectivity index is 1.53. The molecule has 5 aromatic rings. The van der Waals surface area contributed by atoms with E-state index in [1.807, 2.05) is 12.3 Å². The molecule has 194 valence electrons. The van der Waals surface area contributed by atoms with Gasteiger partial charge in [-0.3, -0.25) is 4.98 Å². The van der Waals surface area contributed by atoms with Crippen molar-refractivity contribution in [3.63, 3.8) is 0 Å². The van der Waals surface area contributed by atoms with Crippen LogP contribution in [0.4, 0.5) is 0 Å². The maximum Gasteiger partial charge on any atom is 0.0674 e. The summed E-state index contributed by atoms with van der Waals surface area (Å²) in [5.74, 6) is 0.573. The molecule has 0 radical (unpaired) electrons. The number of hydrogen-bond donors (Lipinski definition) is 0. The average Bonchev–Trinajstić information content (AvgIpc) is 3.35. The van der Waals surface area contributed by atoms with Crippen LogP contribution in [0.5, 0.6) is 0 Å². The fraction of sp³-hybridized carbons (Fsp3) is 0.132. The zero-order valence-corrected chi connectivity index (χ0v) is 22.7. The molecule has 0 aliphatic heterocycles. The van der Waals surface area contributed by atoms with Gasteiger partial charge in [-0.15, -0.1) is 0 Å². The highest BCUT2D eigenvalue weighted by atomic mass is 15.0. The van der Waals surface area contributed by atoms with Crippen LogP contribution in [0, 0.1) is 11.8 Å². The molecular weight excluding hydrogens is 484 g/mol. The number of hydrogen-bond acceptors (Lipinski definition) is 1. The number of rotatable bonds is 5. The highest BCUT2D eigenvalue weighted by molar-refractivity contribution is 6.10. The van der Waals surface area contributed by atoms with Gasteiger partial charge in [0.1, 0.15) is 0 Å². The lowest BCUT2D eigenvalue weighted by atomic mass is 9.77. The van der Waals surface area contributed by atoms with Crippen LogP contribution in [0.1, 0.15) is 36.2 Å². The first kappa shape index (κ1) is 24.4. The summed E-state index contributed by atoms with van der Waals surface area (Å²) in [6, 6.07) is 33.3. The van der Waals surface area contributed by atoms with Crippen LogP contribution < -0.4 is 0 Å². The maximum atomic E-state index is 4.90. The Kier molecular flexibility index (Phi) is 6.37. The van der Waals surface area contributed by atoms with E-state index in [1.54, 1.807) is 0 Å². The van der Waals surface area contributed by atoms with E-state index in [9.17, 15) is 0 Å². The minimum absolute atomic E-state index is 0.214. The van der Waals surface area contributed by atoms with E-state index >= 15 is 0 Å². The number of allylic oxidation sites excluding steroid dienone is 9. The van der Waals surface area contributed by atoms with Crippen molar-refractivity contribution < 1.29 is 0 Å². The molecule has 0 fully saturated rings. The first-order valence-electron chi connectivity index (χ1n) is 14.2. The fourth-order valence-corrected chi connectivity index (χ4v) is 6.42. The molecule has 2 heterocycles. The SMILES string of the molecule is CC1C=CC=CC1/C(=C(/c1ccccc1)c1ccc2c(c1)c1ccccc1n2C1C=CC=CC1)c1ccccn1. The number of fused-ring (bicyclic) bond motifs is 3. The lowest BCUT2D eigenvalue weighted by Crippen LogP contribution is -2.14. The Labute approximate surface area is 236 Å². The average molecular weight is 517 g/mol. The van der Waals surface area contributed by atoms with Gasteiger partial charge in [-0.05, 0) is 64.9 Å². The van der Waals surface area contributed by atoms with Crippen LogP contribution >= 0.6 is 0 Å². The quantitative estimate of drug-likeness (QED) is 0.227. The van der Waals surface area contributed by atoms with Gasteiger partial charge in [0.25, 0.3) is 0 Å². The molecule has 2 heteroatoms. The number of nitrogens with zero attached hydrogens (tertiary/aromatic N) is 2. The Bertz CT molecular complexity index is 1830. The van der Waals surface area contributed by atoms with Crippen molar-refractivity contribution in [1.29, 1.82) is 0 Å². The van der Waals surface area contributed by atoms with Crippen molar-refractivity contribution in [2.24, 2.45) is 11.8 Å². The molecule has 0 spiro atoms. The van der Waals surface area contributed by atoms with E-state index in [4.69, 9.17) is 4.98 Å². The first-order valence-corrected chi connectivity index (χ1v) is 14.2. The molecule has 0 saturated heterocycles. The van der Waals surface area contributed by atoms with Crippen LogP contribution in [0.25, 0.3) is 33.0 Å². The summed E-state index contributed by atoms with van der Waals surface area (Å²) in [7, 11) is 0. The van der Waals surface area contributed by atoms with Crippen molar-refractivity contribution in [1.82, 2.24) is 9.55 Å². The summed E-state index contributed by atoms with van der Waals surface area (Å²) in [5, 5.41) is 2.58. The number of aromatic nitrogens is 2. The van der Waals surface area contributed by atoms with Crippen LogP contribution in [-0.2, 0) is 0 Å². The molecule has 3 atom stereocenters. The predicted octanol–water partition coefficient (Wildman–Crippen LogP) is 9.58. The van der Waals surface area contributed by atoms with Crippen LogP contribution in [0.15, 0.2) is 146 Å². The van der Waals surface area contributed by atoms with Crippen molar-refractivity contribution in [3.05, 3.63) is 163 Å². The van der Waals surface area contributed by atoms with E-state index in [-0.39, 0.29) is 5.92 Å². The summed E-state index contributed by atoms with van der Waals surface area (Å²) in [5.41, 5.74) is 8.52. The first-order chi connectivity index (χ1) is 19.8. The maximum absolute atomic E-state index is 4.90. The van der Waals surface area contributed by atoms with Gasteiger partial charge < -0.3 is 4.57 Å². The molecule has 0 bridgehead atoms. The van der Waals surface area contributed by atoms with Gasteiger partial charge in [0.05, 0.1) is 11.7 Å². The molecule has 2 aliphatic carbocycles. The fourth-order valence-electron chi connectivity index (χ4n) is 6.42. The molecule has 3 unspecified atom stereocenters. The minimum atomic E-state index is 0.214. The van der Waals surface area contributed by atoms with E-state index in [2.05, 4.69) is 145 Å². The van der Waals surface area contributed by atoms with Gasteiger partial charge in [-0.1, -0.05) is 116 Å². The highest BCUT2D eigenvalue weighted by Crippen LogP contribution is 2.43. The number of para-hydroxylation sites is 1. The Hall–Kier alpha value is -4.69. The second-order valence-corrected chi connectivity index (χ2v) is 10.8. The minimum Gasteiger partial charge on any atom is -0.333 e. The second-order valence-electron chi connectivity index (χ2n) is 10.8. The zero-order valence-electron chi connectivity index (χ0n) is 22.7. The lowest BCUT2D eigenvalue weighted by Gasteiger charge is -2.27. The van der Waals surface area contributed by atoms with Gasteiger partial charge >= 0.3 is 0 Å². The monoisotopic (exact) mass is 516 g/mol. The van der Waals surface area contributed by atoms with Crippen molar-refractivity contribution in [2.75, 3.05) is 0 Å². The number of benzene rings is 3. The largest absolute Gasteiger partial charge is 0.333 e. The predicted molar refractivity (Wildman–Crippen MR) is 169 cm³/mol. The lowest BCUT2D eigenvalue weighted by molar-refractivity contribution is 0.619. The molecule has 2 aliphatic rings. The molecule has 7 rings (SSSR count). The third kappa shape index (κ3) is 4.26. The molecular formula is C38H32N2. The zero-order chi connectivity index (χ0) is 26.9. The molecule has 2 aromatic heterocycles.